The Morgan fingerprint density at radius 2 is 0.917 bits per heavy atom. The number of aryl methyl sites for hydroxylation is 1. The topological polar surface area (TPSA) is 65.7 Å². The van der Waals surface area contributed by atoms with E-state index in [0.717, 1.165) is 5.56 Å². The van der Waals surface area contributed by atoms with E-state index in [1.54, 1.807) is 48.5 Å². The number of benzene rings is 4. The van der Waals surface area contributed by atoms with Gasteiger partial charge in [0.2, 0.25) is 0 Å². The smallest absolute Gasteiger partial charge is 0.348 e. The Labute approximate surface area is 208 Å². The summed E-state index contributed by atoms with van der Waals surface area (Å²) in [5.41, 5.74) is 2.32. The zero-order valence-electron chi connectivity index (χ0n) is 19.5. The van der Waals surface area contributed by atoms with Crippen LogP contribution < -0.4 is 9.47 Å². The van der Waals surface area contributed by atoms with Crippen LogP contribution in [-0.2, 0) is 0 Å². The minimum atomic E-state index is -0.720. The molecule has 0 fully saturated rings. The van der Waals surface area contributed by atoms with Gasteiger partial charge in [-0.2, -0.15) is 0 Å². The van der Waals surface area contributed by atoms with Crippen molar-refractivity contribution < 1.29 is 23.5 Å². The molecule has 0 aliphatic rings. The first-order chi connectivity index (χ1) is 17.6. The zero-order valence-corrected chi connectivity index (χ0v) is 19.5. The maximum atomic E-state index is 13.6. The lowest BCUT2D eigenvalue weighted by molar-refractivity contribution is 0.0694. The van der Waals surface area contributed by atoms with E-state index in [1.807, 2.05) is 73.7 Å². The van der Waals surface area contributed by atoms with E-state index in [1.165, 1.54) is 0 Å². The summed E-state index contributed by atoms with van der Waals surface area (Å²) in [7, 11) is 0. The van der Waals surface area contributed by atoms with Crippen molar-refractivity contribution in [1.82, 2.24) is 0 Å². The van der Waals surface area contributed by atoms with E-state index in [9.17, 15) is 9.59 Å². The maximum absolute atomic E-state index is 13.6. The predicted molar refractivity (Wildman–Crippen MR) is 137 cm³/mol. The van der Waals surface area contributed by atoms with Crippen LogP contribution in [0.1, 0.15) is 26.3 Å². The molecule has 5 nitrogen and oxygen atoms in total. The van der Waals surface area contributed by atoms with Gasteiger partial charge in [0, 0.05) is 11.1 Å². The van der Waals surface area contributed by atoms with Crippen LogP contribution in [0.5, 0.6) is 11.5 Å². The Hall–Kier alpha value is -4.90. The van der Waals surface area contributed by atoms with E-state index in [-0.39, 0.29) is 22.6 Å². The summed E-state index contributed by atoms with van der Waals surface area (Å²) in [5.74, 6) is -0.282. The van der Waals surface area contributed by atoms with Crippen LogP contribution in [-0.4, -0.2) is 11.9 Å². The van der Waals surface area contributed by atoms with Crippen molar-refractivity contribution in [2.45, 2.75) is 6.92 Å². The van der Waals surface area contributed by atoms with Gasteiger partial charge in [-0.3, -0.25) is 0 Å². The number of carbonyl (C=O) groups excluding carboxylic acids is 2. The normalized spacial score (nSPS) is 10.6. The Balaban J connectivity index is 1.71. The fourth-order valence-corrected chi connectivity index (χ4v) is 3.81. The first-order valence-corrected chi connectivity index (χ1v) is 11.4. The van der Waals surface area contributed by atoms with Crippen molar-refractivity contribution in [2.24, 2.45) is 0 Å². The van der Waals surface area contributed by atoms with Crippen LogP contribution >= 0.6 is 0 Å². The Bertz CT molecular complexity index is 1490. The maximum Gasteiger partial charge on any atom is 0.348 e. The van der Waals surface area contributed by atoms with Gasteiger partial charge in [-0.15, -0.1) is 0 Å². The summed E-state index contributed by atoms with van der Waals surface area (Å²) >= 11 is 0. The summed E-state index contributed by atoms with van der Waals surface area (Å²) in [6.45, 7) is 1.97. The lowest BCUT2D eigenvalue weighted by Gasteiger charge is -2.08. The number of carbonyl (C=O) groups is 2. The molecular weight excluding hydrogens is 452 g/mol. The number of ether oxygens (including phenoxy) is 2. The van der Waals surface area contributed by atoms with Crippen molar-refractivity contribution in [3.63, 3.8) is 0 Å². The average Bonchev–Trinajstić information content (AvgIpc) is 3.32. The summed E-state index contributed by atoms with van der Waals surface area (Å²) in [6, 6.07) is 34.0. The van der Waals surface area contributed by atoms with Gasteiger partial charge in [0.1, 0.15) is 34.1 Å². The monoisotopic (exact) mass is 474 g/mol. The van der Waals surface area contributed by atoms with Gasteiger partial charge in [-0.25, -0.2) is 9.59 Å². The fraction of sp³-hybridized carbons (Fsp3) is 0.0323. The Kier molecular flexibility index (Phi) is 6.45. The molecule has 5 heteroatoms. The van der Waals surface area contributed by atoms with Crippen molar-refractivity contribution in [3.8, 4) is 34.1 Å². The number of para-hydroxylation sites is 2. The number of furan rings is 1. The summed E-state index contributed by atoms with van der Waals surface area (Å²) in [6.07, 6.45) is 0. The van der Waals surface area contributed by atoms with Gasteiger partial charge in [-0.1, -0.05) is 96.6 Å². The van der Waals surface area contributed by atoms with Crippen molar-refractivity contribution in [3.05, 3.63) is 132 Å². The molecule has 36 heavy (non-hydrogen) atoms. The molecule has 0 bridgehead atoms. The molecule has 5 aromatic rings. The molecule has 4 aromatic carbocycles. The molecule has 0 aliphatic heterocycles. The van der Waals surface area contributed by atoms with Crippen LogP contribution in [0.4, 0.5) is 0 Å². The SMILES string of the molecule is Cc1ccc(-c2oc(-c3ccccc3)c(C(=O)Oc3ccccc3)c2C(=O)Oc2ccccc2)cc1. The fourth-order valence-electron chi connectivity index (χ4n) is 3.81. The molecule has 0 atom stereocenters. The lowest BCUT2D eigenvalue weighted by atomic mass is 10.0. The summed E-state index contributed by atoms with van der Waals surface area (Å²) < 4.78 is 17.6. The highest BCUT2D eigenvalue weighted by molar-refractivity contribution is 6.11. The van der Waals surface area contributed by atoms with Crippen LogP contribution in [0.25, 0.3) is 22.6 Å². The third-order valence-corrected chi connectivity index (χ3v) is 5.57. The minimum absolute atomic E-state index is 0.00144. The van der Waals surface area contributed by atoms with Crippen LogP contribution in [0.3, 0.4) is 0 Å². The molecule has 0 spiro atoms. The Morgan fingerprint density at radius 3 is 1.36 bits per heavy atom. The number of hydrogen-bond acceptors (Lipinski definition) is 5. The first kappa shape index (κ1) is 22.9. The molecule has 0 aliphatic carbocycles. The van der Waals surface area contributed by atoms with E-state index < -0.39 is 11.9 Å². The molecule has 0 radical (unpaired) electrons. The van der Waals surface area contributed by atoms with Gasteiger partial charge in [0.15, 0.2) is 0 Å². The second kappa shape index (κ2) is 10.2. The van der Waals surface area contributed by atoms with E-state index in [2.05, 4.69) is 0 Å². The van der Waals surface area contributed by atoms with Gasteiger partial charge in [0.25, 0.3) is 0 Å². The molecule has 0 unspecified atom stereocenters. The highest BCUT2D eigenvalue weighted by Gasteiger charge is 2.34. The second-order valence-electron chi connectivity index (χ2n) is 8.15. The minimum Gasteiger partial charge on any atom is -0.454 e. The molecule has 1 aromatic heterocycles. The molecule has 0 saturated carbocycles. The van der Waals surface area contributed by atoms with E-state index in [4.69, 9.17) is 13.9 Å². The standard InChI is InChI=1S/C31H22O5/c1-21-17-19-23(20-18-21)29-27(31(33)35-25-15-9-4-10-16-25)26(28(36-29)22-11-5-2-6-12-22)30(32)34-24-13-7-3-8-14-24/h2-20H,1H3. The molecule has 0 N–H and O–H groups in total. The largest absolute Gasteiger partial charge is 0.454 e. The highest BCUT2D eigenvalue weighted by atomic mass is 16.5. The molecule has 176 valence electrons. The third-order valence-electron chi connectivity index (χ3n) is 5.57. The quantitative estimate of drug-likeness (QED) is 0.190. The molecule has 0 amide bonds. The number of rotatable bonds is 6. The molecular formula is C31H22O5. The Morgan fingerprint density at radius 1 is 0.528 bits per heavy atom. The molecule has 0 saturated heterocycles. The predicted octanol–water partition coefficient (Wildman–Crippen LogP) is 7.36. The summed E-state index contributed by atoms with van der Waals surface area (Å²) in [5, 5.41) is 0. The van der Waals surface area contributed by atoms with Crippen LogP contribution in [0, 0.1) is 6.92 Å². The van der Waals surface area contributed by atoms with Gasteiger partial charge in [0.05, 0.1) is 0 Å². The summed E-state index contributed by atoms with van der Waals surface area (Å²) in [4.78, 5) is 27.2. The second-order valence-corrected chi connectivity index (χ2v) is 8.15. The molecule has 5 rings (SSSR count). The van der Waals surface area contributed by atoms with Crippen molar-refractivity contribution in [1.29, 1.82) is 0 Å². The van der Waals surface area contributed by atoms with Gasteiger partial charge in [-0.05, 0) is 31.2 Å². The van der Waals surface area contributed by atoms with Crippen molar-refractivity contribution >= 4 is 11.9 Å². The van der Waals surface area contributed by atoms with E-state index in [0.29, 0.717) is 22.6 Å². The lowest BCUT2D eigenvalue weighted by Crippen LogP contribution is -2.17. The average molecular weight is 475 g/mol. The van der Waals surface area contributed by atoms with Crippen molar-refractivity contribution in [2.75, 3.05) is 0 Å². The number of hydrogen-bond donors (Lipinski definition) is 0. The zero-order chi connectivity index (χ0) is 24.9. The van der Waals surface area contributed by atoms with Crippen LogP contribution in [0.2, 0.25) is 0 Å². The van der Waals surface area contributed by atoms with Gasteiger partial charge >= 0.3 is 11.9 Å². The first-order valence-electron chi connectivity index (χ1n) is 11.4. The highest BCUT2D eigenvalue weighted by Crippen LogP contribution is 2.39. The molecule has 1 heterocycles. The van der Waals surface area contributed by atoms with Gasteiger partial charge < -0.3 is 13.9 Å². The van der Waals surface area contributed by atoms with Crippen LogP contribution in [0.15, 0.2) is 120 Å². The third kappa shape index (κ3) is 4.81. The van der Waals surface area contributed by atoms with E-state index >= 15 is 0 Å². The number of esters is 2.